The van der Waals surface area contributed by atoms with Gasteiger partial charge in [0, 0.05) is 28.3 Å². The van der Waals surface area contributed by atoms with Crippen LogP contribution in [-0.2, 0) is 21.9 Å². The van der Waals surface area contributed by atoms with Gasteiger partial charge in [-0.25, -0.2) is 9.89 Å². The van der Waals surface area contributed by atoms with Crippen LogP contribution in [0.2, 0.25) is 0 Å². The first-order valence-electron chi connectivity index (χ1n) is 10.7. The van der Waals surface area contributed by atoms with Crippen LogP contribution in [0.4, 0.5) is 11.4 Å². The molecule has 0 saturated heterocycles. The first-order valence-corrected chi connectivity index (χ1v) is 12.6. The zero-order valence-corrected chi connectivity index (χ0v) is 19.9. The van der Waals surface area contributed by atoms with E-state index in [0.717, 1.165) is 16.0 Å². The molecule has 2 aliphatic rings. The number of nitro groups is 1. The maximum Gasteiger partial charge on any atom is 0.269 e. The largest absolute Gasteiger partial charge is 0.351 e. The molecular weight excluding hydrogens is 486 g/mol. The van der Waals surface area contributed by atoms with E-state index >= 15 is 0 Å². The molecule has 1 atom stereocenters. The highest BCUT2D eigenvalue weighted by Gasteiger charge is 2.42. The van der Waals surface area contributed by atoms with Gasteiger partial charge in [0.15, 0.2) is 5.17 Å². The summed E-state index contributed by atoms with van der Waals surface area (Å²) in [5.74, 6) is 0.285. The number of fused-ring (bicyclic) bond motifs is 3. The van der Waals surface area contributed by atoms with Gasteiger partial charge in [-0.2, -0.15) is 0 Å². The van der Waals surface area contributed by atoms with Crippen molar-refractivity contribution in [1.82, 2.24) is 10.2 Å². The second-order valence-electron chi connectivity index (χ2n) is 7.83. The number of thiophene rings is 1. The maximum absolute atomic E-state index is 13.3. The number of hydrogen-bond acceptors (Lipinski definition) is 8. The molecular formula is C24H19N5O4S2. The number of non-ortho nitro benzene ring substituents is 1. The molecule has 5 rings (SSSR count). The normalized spacial score (nSPS) is 16.3. The lowest BCUT2D eigenvalue weighted by Crippen LogP contribution is -2.42. The van der Waals surface area contributed by atoms with Gasteiger partial charge in [0.05, 0.1) is 23.6 Å². The van der Waals surface area contributed by atoms with Gasteiger partial charge in [0.25, 0.3) is 11.6 Å². The summed E-state index contributed by atoms with van der Waals surface area (Å²) in [6, 6.07) is 16.8. The van der Waals surface area contributed by atoms with Crippen molar-refractivity contribution in [2.45, 2.75) is 24.8 Å². The molecule has 3 heterocycles. The van der Waals surface area contributed by atoms with Crippen molar-refractivity contribution >= 4 is 57.3 Å². The molecule has 0 aliphatic carbocycles. The predicted molar refractivity (Wildman–Crippen MR) is 136 cm³/mol. The lowest BCUT2D eigenvalue weighted by atomic mass is 10.1. The number of benzene rings is 2. The summed E-state index contributed by atoms with van der Waals surface area (Å²) < 4.78 is 0. The molecule has 1 aromatic heterocycles. The molecule has 3 aromatic rings. The number of nitro benzene ring substituents is 1. The van der Waals surface area contributed by atoms with Gasteiger partial charge in [-0.1, -0.05) is 42.1 Å². The number of nitrogens with zero attached hydrogens (tertiary/aromatic N) is 4. The molecule has 11 heteroatoms. The van der Waals surface area contributed by atoms with Crippen molar-refractivity contribution < 1.29 is 14.5 Å². The number of amides is 2. The average molecular weight is 506 g/mol. The fourth-order valence-electron chi connectivity index (χ4n) is 3.79. The van der Waals surface area contributed by atoms with E-state index < -0.39 is 11.0 Å². The van der Waals surface area contributed by atoms with Gasteiger partial charge in [0.1, 0.15) is 11.9 Å². The highest BCUT2D eigenvalue weighted by Crippen LogP contribution is 2.35. The quantitative estimate of drug-likeness (QED) is 0.380. The Bertz CT molecular complexity index is 1370. The molecule has 35 heavy (non-hydrogen) atoms. The lowest BCUT2D eigenvalue weighted by Gasteiger charge is -2.25. The third-order valence-corrected chi connectivity index (χ3v) is 7.34. The highest BCUT2D eigenvalue weighted by molar-refractivity contribution is 8.13. The zero-order chi connectivity index (χ0) is 24.4. The minimum absolute atomic E-state index is 0.00662. The summed E-state index contributed by atoms with van der Waals surface area (Å²) in [5.41, 5.74) is 2.15. The van der Waals surface area contributed by atoms with Crippen LogP contribution in [0.3, 0.4) is 0 Å². The highest BCUT2D eigenvalue weighted by atomic mass is 32.2. The van der Waals surface area contributed by atoms with Crippen LogP contribution in [0.15, 0.2) is 76.0 Å². The molecule has 2 aromatic carbocycles. The van der Waals surface area contributed by atoms with Crippen LogP contribution in [0.1, 0.15) is 22.4 Å². The van der Waals surface area contributed by atoms with Gasteiger partial charge in [-0.15, -0.1) is 11.3 Å². The topological polar surface area (TPSA) is 117 Å². The van der Waals surface area contributed by atoms with Crippen molar-refractivity contribution in [3.8, 4) is 0 Å². The van der Waals surface area contributed by atoms with E-state index in [1.807, 2.05) is 41.8 Å². The maximum atomic E-state index is 13.3. The summed E-state index contributed by atoms with van der Waals surface area (Å²) in [4.78, 5) is 48.3. The van der Waals surface area contributed by atoms with Crippen LogP contribution < -0.4 is 5.32 Å². The van der Waals surface area contributed by atoms with E-state index in [0.29, 0.717) is 29.0 Å². The van der Waals surface area contributed by atoms with E-state index in [1.165, 1.54) is 28.8 Å². The van der Waals surface area contributed by atoms with Crippen LogP contribution in [0, 0.1) is 10.1 Å². The van der Waals surface area contributed by atoms with Crippen molar-refractivity contribution in [3.05, 3.63) is 92.2 Å². The molecule has 2 amide bonds. The summed E-state index contributed by atoms with van der Waals surface area (Å²) in [6.07, 6.45) is -0.0603. The molecule has 0 radical (unpaired) electrons. The fourth-order valence-corrected chi connectivity index (χ4v) is 5.37. The van der Waals surface area contributed by atoms with Gasteiger partial charge >= 0.3 is 0 Å². The smallest absolute Gasteiger partial charge is 0.269 e. The van der Waals surface area contributed by atoms with E-state index in [9.17, 15) is 19.7 Å². The number of nitrogens with one attached hydrogen (secondary N) is 1. The Hall–Kier alpha value is -3.83. The molecule has 0 fully saturated rings. The number of rotatable bonds is 7. The lowest BCUT2D eigenvalue weighted by molar-refractivity contribution is -0.384. The second-order valence-corrected chi connectivity index (χ2v) is 9.80. The van der Waals surface area contributed by atoms with Crippen molar-refractivity contribution in [1.29, 1.82) is 0 Å². The van der Waals surface area contributed by atoms with Crippen molar-refractivity contribution in [2.75, 3.05) is 0 Å². The summed E-state index contributed by atoms with van der Waals surface area (Å²) in [5, 5.41) is 16.3. The van der Waals surface area contributed by atoms with Crippen molar-refractivity contribution in [2.24, 2.45) is 9.98 Å². The number of amidine groups is 2. The predicted octanol–water partition coefficient (Wildman–Crippen LogP) is 4.25. The van der Waals surface area contributed by atoms with Crippen LogP contribution in [0.25, 0.3) is 0 Å². The molecule has 176 valence electrons. The zero-order valence-electron chi connectivity index (χ0n) is 18.3. The second kappa shape index (κ2) is 9.80. The minimum atomic E-state index is -0.844. The van der Waals surface area contributed by atoms with Gasteiger partial charge < -0.3 is 5.32 Å². The molecule has 0 saturated carbocycles. The van der Waals surface area contributed by atoms with E-state index in [2.05, 4.69) is 15.3 Å². The van der Waals surface area contributed by atoms with Crippen molar-refractivity contribution in [3.63, 3.8) is 0 Å². The van der Waals surface area contributed by atoms with E-state index in [4.69, 9.17) is 0 Å². The number of carbonyl (C=O) groups is 2. The van der Waals surface area contributed by atoms with E-state index in [-0.39, 0.29) is 23.9 Å². The van der Waals surface area contributed by atoms with Gasteiger partial charge in [-0.3, -0.25) is 24.7 Å². The SMILES string of the molecule is O=C(C[C@@H]1N=C2c3ccccc3N=C(SCc3cccc([N+](=O)[O-])c3)N2C1=O)NCc1cccs1. The third-order valence-electron chi connectivity index (χ3n) is 5.46. The Balaban J connectivity index is 1.35. The fraction of sp³-hybridized carbons (Fsp3) is 0.167. The Labute approximate surface area is 208 Å². The Morgan fingerprint density at radius 1 is 1.17 bits per heavy atom. The number of aliphatic imine (C=N–C) groups is 2. The molecule has 0 bridgehead atoms. The standard InChI is InChI=1S/C24H19N5O4S2/c30-21(25-13-17-7-4-10-34-17)12-20-23(31)28-22(26-20)18-8-1-2-9-19(18)27-24(28)35-14-15-5-3-6-16(11-15)29(32)33/h1-11,20H,12-14H2,(H,25,30)/t20-/m0/s1. The number of hydrogen-bond donors (Lipinski definition) is 1. The molecule has 1 N–H and O–H groups in total. The molecule has 2 aliphatic heterocycles. The molecule has 0 spiro atoms. The summed E-state index contributed by atoms with van der Waals surface area (Å²) >= 11 is 2.85. The first kappa shape index (κ1) is 22.9. The van der Waals surface area contributed by atoms with Crippen LogP contribution >= 0.6 is 23.1 Å². The van der Waals surface area contributed by atoms with Gasteiger partial charge in [-0.05, 0) is 29.1 Å². The number of thioether (sulfide) groups is 1. The monoisotopic (exact) mass is 505 g/mol. The van der Waals surface area contributed by atoms with Gasteiger partial charge in [0.2, 0.25) is 5.91 Å². The number of para-hydroxylation sites is 1. The molecule has 9 nitrogen and oxygen atoms in total. The van der Waals surface area contributed by atoms with Crippen LogP contribution in [0.5, 0.6) is 0 Å². The first-order chi connectivity index (χ1) is 17.0. The Morgan fingerprint density at radius 2 is 2.03 bits per heavy atom. The minimum Gasteiger partial charge on any atom is -0.351 e. The third kappa shape index (κ3) is 4.86. The Morgan fingerprint density at radius 3 is 2.83 bits per heavy atom. The Kier molecular flexibility index (Phi) is 6.43. The number of carbonyl (C=O) groups excluding carboxylic acids is 2. The molecule has 0 unspecified atom stereocenters. The summed E-state index contributed by atoms with van der Waals surface area (Å²) in [7, 11) is 0. The van der Waals surface area contributed by atoms with Crippen LogP contribution in [-0.4, -0.2) is 38.7 Å². The average Bonchev–Trinajstić information content (AvgIpc) is 3.50. The summed E-state index contributed by atoms with van der Waals surface area (Å²) in [6.45, 7) is 0.409. The van der Waals surface area contributed by atoms with E-state index in [1.54, 1.807) is 23.5 Å².